The van der Waals surface area contributed by atoms with Crippen LogP contribution in [0.15, 0.2) is 12.2 Å². The second kappa shape index (κ2) is 5.02. The van der Waals surface area contributed by atoms with E-state index in [0.717, 1.165) is 12.8 Å². The third-order valence-corrected chi connectivity index (χ3v) is 2.47. The van der Waals surface area contributed by atoms with Crippen LogP contribution in [0, 0.1) is 5.92 Å². The summed E-state index contributed by atoms with van der Waals surface area (Å²) < 4.78 is 0. The van der Waals surface area contributed by atoms with Crippen LogP contribution in [0.4, 0.5) is 0 Å². The number of primary amides is 1. The van der Waals surface area contributed by atoms with Crippen molar-refractivity contribution < 1.29 is 4.79 Å². The van der Waals surface area contributed by atoms with Gasteiger partial charge in [0.1, 0.15) is 0 Å². The molecule has 3 heteroatoms. The zero-order valence-electron chi connectivity index (χ0n) is 8.12. The van der Waals surface area contributed by atoms with Crippen LogP contribution in [0.5, 0.6) is 0 Å². The molecule has 0 bridgehead atoms. The minimum atomic E-state index is -0.223. The molecule has 2 atom stereocenters. The Morgan fingerprint density at radius 2 is 2.46 bits per heavy atom. The highest BCUT2D eigenvalue weighted by Gasteiger charge is 2.12. The second-order valence-corrected chi connectivity index (χ2v) is 3.69. The molecule has 0 saturated heterocycles. The summed E-state index contributed by atoms with van der Waals surface area (Å²) in [6.45, 7) is 2.56. The predicted octanol–water partition coefficient (Wildman–Crippen LogP) is 0.806. The van der Waals surface area contributed by atoms with Crippen molar-refractivity contribution in [3.05, 3.63) is 12.2 Å². The maximum absolute atomic E-state index is 10.7. The molecular formula is C10H18N2O. The van der Waals surface area contributed by atoms with Gasteiger partial charge < -0.3 is 11.1 Å². The van der Waals surface area contributed by atoms with E-state index >= 15 is 0 Å². The molecule has 74 valence electrons. The van der Waals surface area contributed by atoms with Crippen molar-refractivity contribution in [2.75, 3.05) is 6.54 Å². The van der Waals surface area contributed by atoms with Gasteiger partial charge in [0, 0.05) is 18.5 Å². The van der Waals surface area contributed by atoms with E-state index in [4.69, 9.17) is 5.73 Å². The number of rotatable bonds is 4. The van der Waals surface area contributed by atoms with Crippen LogP contribution in [0.25, 0.3) is 0 Å². The summed E-state index contributed by atoms with van der Waals surface area (Å²) in [4.78, 5) is 10.7. The van der Waals surface area contributed by atoms with Gasteiger partial charge in [-0.15, -0.1) is 0 Å². The summed E-state index contributed by atoms with van der Waals surface area (Å²) in [5.74, 6) is -0.287. The first kappa shape index (κ1) is 10.3. The van der Waals surface area contributed by atoms with E-state index in [-0.39, 0.29) is 11.8 Å². The van der Waals surface area contributed by atoms with Crippen LogP contribution in [0.2, 0.25) is 0 Å². The van der Waals surface area contributed by atoms with Crippen molar-refractivity contribution in [1.82, 2.24) is 5.32 Å². The zero-order valence-corrected chi connectivity index (χ0v) is 8.12. The number of carbonyl (C=O) groups is 1. The summed E-state index contributed by atoms with van der Waals surface area (Å²) in [5, 5.41) is 3.35. The van der Waals surface area contributed by atoms with Gasteiger partial charge in [-0.3, -0.25) is 4.79 Å². The van der Waals surface area contributed by atoms with Gasteiger partial charge in [0.2, 0.25) is 5.91 Å². The lowest BCUT2D eigenvalue weighted by molar-refractivity contribution is -0.121. The minimum absolute atomic E-state index is 0.0640. The topological polar surface area (TPSA) is 55.1 Å². The largest absolute Gasteiger partial charge is 0.369 e. The quantitative estimate of drug-likeness (QED) is 0.632. The van der Waals surface area contributed by atoms with Gasteiger partial charge >= 0.3 is 0 Å². The number of carbonyl (C=O) groups excluding carboxylic acids is 1. The Hall–Kier alpha value is -0.830. The Bertz CT molecular complexity index is 201. The van der Waals surface area contributed by atoms with Crippen LogP contribution in [0.3, 0.4) is 0 Å². The maximum atomic E-state index is 10.7. The fourth-order valence-corrected chi connectivity index (χ4v) is 1.42. The highest BCUT2D eigenvalue weighted by atomic mass is 16.1. The summed E-state index contributed by atoms with van der Waals surface area (Å²) in [5.41, 5.74) is 5.16. The molecule has 0 saturated carbocycles. The molecule has 1 aliphatic carbocycles. The number of amides is 1. The number of allylic oxidation sites excluding steroid dienone is 1. The number of nitrogens with one attached hydrogen (secondary N) is 1. The van der Waals surface area contributed by atoms with Gasteiger partial charge in [-0.05, 0) is 19.3 Å². The van der Waals surface area contributed by atoms with E-state index in [1.54, 1.807) is 0 Å². The third-order valence-electron chi connectivity index (χ3n) is 2.47. The van der Waals surface area contributed by atoms with E-state index < -0.39 is 0 Å². The first-order valence-corrected chi connectivity index (χ1v) is 4.88. The molecule has 0 aliphatic heterocycles. The molecular weight excluding hydrogens is 164 g/mol. The van der Waals surface area contributed by atoms with Gasteiger partial charge in [0.25, 0.3) is 0 Å². The molecule has 3 nitrogen and oxygen atoms in total. The monoisotopic (exact) mass is 182 g/mol. The first-order valence-electron chi connectivity index (χ1n) is 4.88. The standard InChI is InChI=1S/C10H18N2O/c1-8(10(11)13)7-12-9-5-3-2-4-6-9/h2-3,8-9,12H,4-7H2,1H3,(H2,11,13). The lowest BCUT2D eigenvalue weighted by Gasteiger charge is -2.20. The molecule has 0 radical (unpaired) electrons. The molecule has 1 amide bonds. The molecule has 3 N–H and O–H groups in total. The average Bonchev–Trinajstić information content (AvgIpc) is 2.15. The van der Waals surface area contributed by atoms with Crippen molar-refractivity contribution in [1.29, 1.82) is 0 Å². The summed E-state index contributed by atoms with van der Waals surface area (Å²) in [6.07, 6.45) is 7.78. The van der Waals surface area contributed by atoms with Gasteiger partial charge in [-0.1, -0.05) is 19.1 Å². The molecule has 2 unspecified atom stereocenters. The zero-order chi connectivity index (χ0) is 9.68. The number of hydrogen-bond donors (Lipinski definition) is 2. The third kappa shape index (κ3) is 3.59. The first-order chi connectivity index (χ1) is 6.20. The molecule has 0 aromatic rings. The van der Waals surface area contributed by atoms with Gasteiger partial charge in [-0.2, -0.15) is 0 Å². The Labute approximate surface area is 79.4 Å². The second-order valence-electron chi connectivity index (χ2n) is 3.69. The fraction of sp³-hybridized carbons (Fsp3) is 0.700. The normalized spacial score (nSPS) is 24.2. The molecule has 1 aliphatic rings. The average molecular weight is 182 g/mol. The molecule has 0 aromatic carbocycles. The van der Waals surface area contributed by atoms with E-state index in [9.17, 15) is 4.79 Å². The molecule has 0 spiro atoms. The summed E-state index contributed by atoms with van der Waals surface area (Å²) in [7, 11) is 0. The van der Waals surface area contributed by atoms with Gasteiger partial charge in [-0.25, -0.2) is 0 Å². The maximum Gasteiger partial charge on any atom is 0.221 e. The molecule has 1 rings (SSSR count). The van der Waals surface area contributed by atoms with Crippen LogP contribution < -0.4 is 11.1 Å². The van der Waals surface area contributed by atoms with Crippen molar-refractivity contribution in [3.63, 3.8) is 0 Å². The van der Waals surface area contributed by atoms with Crippen LogP contribution in [-0.2, 0) is 4.79 Å². The molecule has 13 heavy (non-hydrogen) atoms. The summed E-state index contributed by atoms with van der Waals surface area (Å²) in [6, 6.07) is 0.534. The Morgan fingerprint density at radius 3 is 3.00 bits per heavy atom. The lowest BCUT2D eigenvalue weighted by Crippen LogP contribution is -2.37. The van der Waals surface area contributed by atoms with Crippen molar-refractivity contribution >= 4 is 5.91 Å². The van der Waals surface area contributed by atoms with Crippen molar-refractivity contribution in [3.8, 4) is 0 Å². The van der Waals surface area contributed by atoms with Crippen molar-refractivity contribution in [2.45, 2.75) is 32.2 Å². The van der Waals surface area contributed by atoms with Crippen molar-refractivity contribution in [2.24, 2.45) is 11.7 Å². The predicted molar refractivity (Wildman–Crippen MR) is 53.1 cm³/mol. The van der Waals surface area contributed by atoms with E-state index in [1.165, 1.54) is 6.42 Å². The Kier molecular flexibility index (Phi) is 3.96. The highest BCUT2D eigenvalue weighted by molar-refractivity contribution is 5.76. The van der Waals surface area contributed by atoms with E-state index in [2.05, 4.69) is 17.5 Å². The minimum Gasteiger partial charge on any atom is -0.369 e. The SMILES string of the molecule is CC(CNC1CC=CCC1)C(N)=O. The van der Waals surface area contributed by atoms with Crippen LogP contribution in [-0.4, -0.2) is 18.5 Å². The molecule has 0 heterocycles. The smallest absolute Gasteiger partial charge is 0.221 e. The Balaban J connectivity index is 2.18. The van der Waals surface area contributed by atoms with E-state index in [0.29, 0.717) is 12.6 Å². The van der Waals surface area contributed by atoms with Gasteiger partial charge in [0.15, 0.2) is 0 Å². The molecule has 0 fully saturated rings. The van der Waals surface area contributed by atoms with Crippen LogP contribution in [0.1, 0.15) is 26.2 Å². The Morgan fingerprint density at radius 1 is 1.69 bits per heavy atom. The fourth-order valence-electron chi connectivity index (χ4n) is 1.42. The summed E-state index contributed by atoms with van der Waals surface area (Å²) >= 11 is 0. The molecule has 0 aromatic heterocycles. The highest BCUT2D eigenvalue weighted by Crippen LogP contribution is 2.10. The van der Waals surface area contributed by atoms with Gasteiger partial charge in [0.05, 0.1) is 0 Å². The number of nitrogens with two attached hydrogens (primary N) is 1. The van der Waals surface area contributed by atoms with E-state index in [1.807, 2.05) is 6.92 Å². The lowest BCUT2D eigenvalue weighted by atomic mass is 10.0. The number of hydrogen-bond acceptors (Lipinski definition) is 2. The van der Waals surface area contributed by atoms with Crippen LogP contribution >= 0.6 is 0 Å².